The summed E-state index contributed by atoms with van der Waals surface area (Å²) in [6.07, 6.45) is 1.59. The molecule has 1 aromatic heterocycles. The molecule has 3 nitrogen and oxygen atoms in total. The second kappa shape index (κ2) is 3.84. The molecular formula is C17H12N2O. The molecule has 4 rings (SSSR count). The summed E-state index contributed by atoms with van der Waals surface area (Å²) in [5, 5.41) is 4.98. The summed E-state index contributed by atoms with van der Waals surface area (Å²) < 4.78 is 1.49. The van der Waals surface area contributed by atoms with E-state index in [1.54, 1.807) is 6.20 Å². The lowest BCUT2D eigenvalue weighted by Crippen LogP contribution is -2.14. The predicted molar refractivity (Wildman–Crippen MR) is 83.4 cm³/mol. The second-order valence-electron chi connectivity index (χ2n) is 4.97. The second-order valence-corrected chi connectivity index (χ2v) is 4.97. The molecule has 20 heavy (non-hydrogen) atoms. The van der Waals surface area contributed by atoms with Crippen LogP contribution in [0.3, 0.4) is 0 Å². The third-order valence-corrected chi connectivity index (χ3v) is 3.78. The van der Waals surface area contributed by atoms with Gasteiger partial charge in [-0.15, -0.1) is 0 Å². The number of aromatic nitrogens is 1. The van der Waals surface area contributed by atoms with Gasteiger partial charge in [-0.3, -0.25) is 9.47 Å². The van der Waals surface area contributed by atoms with Crippen molar-refractivity contribution in [2.24, 2.45) is 0 Å². The van der Waals surface area contributed by atoms with Gasteiger partial charge in [-0.05, 0) is 39.7 Å². The third kappa shape index (κ3) is 1.43. The van der Waals surface area contributed by atoms with E-state index in [1.165, 1.54) is 16.1 Å². The molecular weight excluding hydrogens is 248 g/mol. The van der Waals surface area contributed by atoms with E-state index in [9.17, 15) is 4.79 Å². The monoisotopic (exact) mass is 260 g/mol. The number of pyridine rings is 1. The maximum Gasteiger partial charge on any atom is 0.190 e. The van der Waals surface area contributed by atoms with Gasteiger partial charge in [0, 0.05) is 12.3 Å². The molecule has 0 aliphatic heterocycles. The highest BCUT2D eigenvalue weighted by Crippen LogP contribution is 2.27. The minimum atomic E-state index is 0.00239. The van der Waals surface area contributed by atoms with Gasteiger partial charge in [-0.25, -0.2) is 0 Å². The smallest absolute Gasteiger partial charge is 0.190 e. The van der Waals surface area contributed by atoms with Gasteiger partial charge < -0.3 is 5.84 Å². The molecule has 4 aromatic rings. The Morgan fingerprint density at radius 1 is 0.850 bits per heavy atom. The zero-order valence-corrected chi connectivity index (χ0v) is 10.7. The summed E-state index contributed by atoms with van der Waals surface area (Å²) >= 11 is 0. The lowest BCUT2D eigenvalue weighted by Gasteiger charge is -2.08. The molecule has 1 heterocycles. The van der Waals surface area contributed by atoms with Crippen molar-refractivity contribution >= 4 is 32.4 Å². The van der Waals surface area contributed by atoms with Crippen molar-refractivity contribution in [1.29, 1.82) is 0 Å². The highest BCUT2D eigenvalue weighted by atomic mass is 16.1. The van der Waals surface area contributed by atoms with Crippen LogP contribution in [0.1, 0.15) is 0 Å². The highest BCUT2D eigenvalue weighted by Gasteiger charge is 2.07. The molecule has 3 aromatic carbocycles. The Morgan fingerprint density at radius 2 is 1.60 bits per heavy atom. The van der Waals surface area contributed by atoms with Crippen LogP contribution in [0, 0.1) is 0 Å². The van der Waals surface area contributed by atoms with Crippen molar-refractivity contribution in [3.05, 3.63) is 71.0 Å². The number of benzene rings is 3. The highest BCUT2D eigenvalue weighted by molar-refractivity contribution is 6.11. The number of nitrogen functional groups attached to an aromatic ring is 1. The first-order valence-electron chi connectivity index (χ1n) is 6.46. The molecule has 0 spiro atoms. The van der Waals surface area contributed by atoms with Crippen molar-refractivity contribution in [1.82, 2.24) is 4.68 Å². The quantitative estimate of drug-likeness (QED) is 0.300. The summed E-state index contributed by atoms with van der Waals surface area (Å²) in [7, 11) is 0. The predicted octanol–water partition coefficient (Wildman–Crippen LogP) is 3.02. The SMILES string of the molecule is Nn1ccc(=O)c2c3cc4ccccc4cc3ccc21. The molecule has 0 amide bonds. The van der Waals surface area contributed by atoms with E-state index in [4.69, 9.17) is 5.84 Å². The van der Waals surface area contributed by atoms with Crippen LogP contribution in [0.4, 0.5) is 0 Å². The molecule has 3 heteroatoms. The number of hydrogen-bond acceptors (Lipinski definition) is 2. The minimum Gasteiger partial charge on any atom is -0.339 e. The van der Waals surface area contributed by atoms with E-state index in [2.05, 4.69) is 24.3 Å². The van der Waals surface area contributed by atoms with Crippen molar-refractivity contribution in [2.75, 3.05) is 5.84 Å². The summed E-state index contributed by atoms with van der Waals surface area (Å²) in [6, 6.07) is 17.7. The maximum atomic E-state index is 12.2. The van der Waals surface area contributed by atoms with Crippen molar-refractivity contribution in [3.8, 4) is 0 Å². The van der Waals surface area contributed by atoms with E-state index >= 15 is 0 Å². The van der Waals surface area contributed by atoms with Crippen LogP contribution < -0.4 is 11.3 Å². The maximum absolute atomic E-state index is 12.2. The molecule has 2 N–H and O–H groups in total. The molecule has 96 valence electrons. The van der Waals surface area contributed by atoms with Crippen molar-refractivity contribution in [3.63, 3.8) is 0 Å². The lowest BCUT2D eigenvalue weighted by atomic mass is 10.00. The van der Waals surface area contributed by atoms with Gasteiger partial charge in [0.2, 0.25) is 0 Å². The van der Waals surface area contributed by atoms with Gasteiger partial charge in [-0.1, -0.05) is 30.3 Å². The molecule has 0 fully saturated rings. The Labute approximate surface area is 114 Å². The van der Waals surface area contributed by atoms with Gasteiger partial charge in [0.25, 0.3) is 0 Å². The minimum absolute atomic E-state index is 0.00239. The van der Waals surface area contributed by atoms with E-state index in [1.807, 2.05) is 24.3 Å². The molecule has 0 saturated heterocycles. The van der Waals surface area contributed by atoms with Gasteiger partial charge in [0.15, 0.2) is 5.43 Å². The van der Waals surface area contributed by atoms with E-state index in [0.29, 0.717) is 5.39 Å². The number of rotatable bonds is 0. The molecule has 0 atom stereocenters. The average molecular weight is 260 g/mol. The van der Waals surface area contributed by atoms with Crippen LogP contribution >= 0.6 is 0 Å². The van der Waals surface area contributed by atoms with Gasteiger partial charge in [0.05, 0.1) is 10.9 Å². The van der Waals surface area contributed by atoms with Crippen LogP contribution in [0.15, 0.2) is 65.6 Å². The zero-order valence-electron chi connectivity index (χ0n) is 10.7. The Bertz CT molecular complexity index is 1030. The fourth-order valence-corrected chi connectivity index (χ4v) is 2.79. The summed E-state index contributed by atoms with van der Waals surface area (Å²) in [5.41, 5.74) is 0.753. The lowest BCUT2D eigenvalue weighted by molar-refractivity contribution is 1.04. The van der Waals surface area contributed by atoms with Crippen molar-refractivity contribution in [2.45, 2.75) is 0 Å². The first-order valence-corrected chi connectivity index (χ1v) is 6.46. The molecule has 0 saturated carbocycles. The van der Waals surface area contributed by atoms with E-state index in [0.717, 1.165) is 21.7 Å². The fraction of sp³-hybridized carbons (Fsp3) is 0. The Balaban J connectivity index is 2.32. The molecule has 0 aliphatic rings. The number of nitrogens with two attached hydrogens (primary N) is 1. The zero-order chi connectivity index (χ0) is 13.7. The number of hydrogen-bond donors (Lipinski definition) is 1. The Morgan fingerprint density at radius 3 is 2.40 bits per heavy atom. The van der Waals surface area contributed by atoms with Crippen LogP contribution in [0.25, 0.3) is 32.4 Å². The molecule has 0 unspecified atom stereocenters. The molecule has 0 radical (unpaired) electrons. The summed E-state index contributed by atoms with van der Waals surface area (Å²) in [5.74, 6) is 5.91. The molecule has 0 aliphatic carbocycles. The van der Waals surface area contributed by atoms with Gasteiger partial charge in [-0.2, -0.15) is 0 Å². The fourth-order valence-electron chi connectivity index (χ4n) is 2.79. The average Bonchev–Trinajstić information content (AvgIpc) is 2.48. The Hall–Kier alpha value is -2.81. The number of fused-ring (bicyclic) bond motifs is 4. The Kier molecular flexibility index (Phi) is 2.12. The van der Waals surface area contributed by atoms with Crippen LogP contribution in [-0.4, -0.2) is 4.68 Å². The first kappa shape index (κ1) is 11.1. The standard InChI is InChI=1S/C17H12N2O/c18-19-8-7-16(20)17-14-10-12-4-2-1-3-11(12)9-13(14)5-6-15(17)19/h1-10H,18H2. The normalized spacial score (nSPS) is 11.4. The molecule has 0 bridgehead atoms. The largest absolute Gasteiger partial charge is 0.339 e. The third-order valence-electron chi connectivity index (χ3n) is 3.78. The number of nitrogens with zero attached hydrogens (tertiary/aromatic N) is 1. The summed E-state index contributed by atoms with van der Waals surface area (Å²) in [4.78, 5) is 12.2. The van der Waals surface area contributed by atoms with Crippen molar-refractivity contribution < 1.29 is 0 Å². The van der Waals surface area contributed by atoms with Crippen LogP contribution in [0.5, 0.6) is 0 Å². The van der Waals surface area contributed by atoms with Crippen LogP contribution in [-0.2, 0) is 0 Å². The van der Waals surface area contributed by atoms with Gasteiger partial charge in [0.1, 0.15) is 0 Å². The van der Waals surface area contributed by atoms with Gasteiger partial charge >= 0.3 is 0 Å². The topological polar surface area (TPSA) is 48.0 Å². The van der Waals surface area contributed by atoms with Crippen LogP contribution in [0.2, 0.25) is 0 Å². The first-order chi connectivity index (χ1) is 9.74. The summed E-state index contributed by atoms with van der Waals surface area (Å²) in [6.45, 7) is 0. The van der Waals surface area contributed by atoms with E-state index < -0.39 is 0 Å². The van der Waals surface area contributed by atoms with E-state index in [-0.39, 0.29) is 5.43 Å².